The highest BCUT2D eigenvalue weighted by atomic mass is 19.4. The van der Waals surface area contributed by atoms with Crippen molar-refractivity contribution in [1.29, 1.82) is 0 Å². The first-order valence-electron chi connectivity index (χ1n) is 12.1. The first-order valence-corrected chi connectivity index (χ1v) is 12.1. The topological polar surface area (TPSA) is 71.3 Å². The molecule has 37 heavy (non-hydrogen) atoms. The Hall–Kier alpha value is -3.05. The summed E-state index contributed by atoms with van der Waals surface area (Å²) in [5.41, 5.74) is 3.06. The van der Waals surface area contributed by atoms with E-state index >= 15 is 0 Å². The van der Waals surface area contributed by atoms with E-state index in [1.165, 1.54) is 12.1 Å². The molecule has 2 fully saturated rings. The van der Waals surface area contributed by atoms with Crippen molar-refractivity contribution in [2.45, 2.75) is 70.6 Å². The molecule has 2 aromatic rings. The molecule has 200 valence electrons. The molecule has 0 radical (unpaired) electrons. The van der Waals surface area contributed by atoms with E-state index in [9.17, 15) is 31.1 Å². The van der Waals surface area contributed by atoms with Crippen molar-refractivity contribution in [3.8, 4) is 0 Å². The van der Waals surface area contributed by atoms with Gasteiger partial charge < -0.3 is 5.32 Å². The number of hydrazone groups is 1. The maximum Gasteiger partial charge on any atom is 0.455 e. The summed E-state index contributed by atoms with van der Waals surface area (Å²) in [4.78, 5) is 12.9. The second-order valence-corrected chi connectivity index (χ2v) is 11.0. The molecule has 2 N–H and O–H groups in total. The van der Waals surface area contributed by atoms with Crippen LogP contribution in [0.2, 0.25) is 0 Å². The van der Waals surface area contributed by atoms with E-state index in [4.69, 9.17) is 0 Å². The number of halogens is 6. The molecular formula is C25H27F6N5O. The first-order chi connectivity index (χ1) is 17.1. The summed E-state index contributed by atoms with van der Waals surface area (Å²) >= 11 is 0. The molecule has 1 aromatic carbocycles. The van der Waals surface area contributed by atoms with E-state index in [0.717, 1.165) is 43.2 Å². The van der Waals surface area contributed by atoms with Gasteiger partial charge in [-0.2, -0.15) is 32.2 Å². The number of carbonyl (C=O) groups is 1. The molecule has 1 amide bonds. The normalized spacial score (nSPS) is 29.8. The van der Waals surface area contributed by atoms with E-state index in [2.05, 4.69) is 41.7 Å². The number of nitrogens with one attached hydrogen (secondary N) is 2. The number of anilines is 1. The smallest absolute Gasteiger partial charge is 0.363 e. The van der Waals surface area contributed by atoms with Gasteiger partial charge in [0.05, 0.1) is 6.04 Å². The van der Waals surface area contributed by atoms with E-state index in [1.807, 2.05) is 0 Å². The molecule has 2 heterocycles. The van der Waals surface area contributed by atoms with Crippen LogP contribution in [0.3, 0.4) is 0 Å². The maximum absolute atomic E-state index is 14.6. The third-order valence-corrected chi connectivity index (χ3v) is 8.92. The lowest BCUT2D eigenvalue weighted by Gasteiger charge is -2.37. The zero-order chi connectivity index (χ0) is 27.0. The fourth-order valence-corrected chi connectivity index (χ4v) is 6.09. The Morgan fingerprint density at radius 2 is 1.84 bits per heavy atom. The molecule has 5 rings (SSSR count). The van der Waals surface area contributed by atoms with Gasteiger partial charge in [0.15, 0.2) is 5.69 Å². The van der Waals surface area contributed by atoms with Crippen LogP contribution in [0.15, 0.2) is 35.4 Å². The standard InChI is InChI=1S/C25H27F6N5O/c1-22(2)14-8-9-23(22,3)18(10-14)33-34-21(37)17-12-20-32-16(13-4-6-15(26)7-5-13)11-19(36(20)35-17)24(27,28)25(29,30)31/h4-7,12,14,16,19,32H,8-11H2,1-3H3,(H,34,37)/b33-18+/t14-,16-,19-,23+/m0/s1. The highest BCUT2D eigenvalue weighted by Crippen LogP contribution is 2.64. The lowest BCUT2D eigenvalue weighted by Crippen LogP contribution is -2.47. The van der Waals surface area contributed by atoms with E-state index in [-0.39, 0.29) is 22.3 Å². The molecule has 4 atom stereocenters. The van der Waals surface area contributed by atoms with Crippen molar-refractivity contribution in [2.24, 2.45) is 21.8 Å². The monoisotopic (exact) mass is 527 g/mol. The predicted octanol–water partition coefficient (Wildman–Crippen LogP) is 6.25. The minimum Gasteiger partial charge on any atom is -0.363 e. The van der Waals surface area contributed by atoms with Crippen LogP contribution in [0, 0.1) is 22.6 Å². The fourth-order valence-electron chi connectivity index (χ4n) is 6.09. The van der Waals surface area contributed by atoms with E-state index in [1.54, 1.807) is 0 Å². The number of hydrogen-bond acceptors (Lipinski definition) is 4. The minimum atomic E-state index is -5.84. The number of rotatable bonds is 4. The van der Waals surface area contributed by atoms with Gasteiger partial charge >= 0.3 is 12.1 Å². The van der Waals surface area contributed by atoms with Crippen LogP contribution in [0.5, 0.6) is 0 Å². The van der Waals surface area contributed by atoms with Crippen molar-refractivity contribution >= 4 is 17.4 Å². The third-order valence-electron chi connectivity index (χ3n) is 8.92. The van der Waals surface area contributed by atoms with Crippen molar-refractivity contribution in [3.63, 3.8) is 0 Å². The largest absolute Gasteiger partial charge is 0.455 e. The molecule has 12 heteroatoms. The average Bonchev–Trinajstić information content (AvgIpc) is 3.41. The minimum absolute atomic E-state index is 0.0136. The molecule has 0 unspecified atom stereocenters. The van der Waals surface area contributed by atoms with Crippen LogP contribution in [-0.4, -0.2) is 33.5 Å². The molecule has 6 nitrogen and oxygen atoms in total. The van der Waals surface area contributed by atoms with Crippen molar-refractivity contribution in [3.05, 3.63) is 47.4 Å². The summed E-state index contributed by atoms with van der Waals surface area (Å²) in [6.45, 7) is 6.44. The van der Waals surface area contributed by atoms with Gasteiger partial charge in [0.2, 0.25) is 0 Å². The average molecular weight is 528 g/mol. The lowest BCUT2D eigenvalue weighted by atomic mass is 9.70. The molecule has 0 saturated heterocycles. The van der Waals surface area contributed by atoms with Crippen LogP contribution in [0.1, 0.15) is 74.6 Å². The predicted molar refractivity (Wildman–Crippen MR) is 124 cm³/mol. The molecule has 2 aliphatic carbocycles. The number of fused-ring (bicyclic) bond motifs is 3. The Bertz CT molecular complexity index is 1250. The number of hydrogen-bond donors (Lipinski definition) is 2. The quantitative estimate of drug-likeness (QED) is 0.365. The Morgan fingerprint density at radius 1 is 1.16 bits per heavy atom. The summed E-state index contributed by atoms with van der Waals surface area (Å²) in [7, 11) is 0. The number of aromatic nitrogens is 2. The number of benzene rings is 1. The highest BCUT2D eigenvalue weighted by molar-refractivity contribution is 5.97. The zero-order valence-electron chi connectivity index (χ0n) is 20.5. The summed E-state index contributed by atoms with van der Waals surface area (Å²) in [5.74, 6) is -6.26. The Morgan fingerprint density at radius 3 is 2.41 bits per heavy atom. The van der Waals surface area contributed by atoms with Crippen LogP contribution < -0.4 is 10.7 Å². The molecule has 2 saturated carbocycles. The molecule has 1 aromatic heterocycles. The van der Waals surface area contributed by atoms with Gasteiger partial charge in [-0.3, -0.25) is 4.79 Å². The van der Waals surface area contributed by atoms with Crippen molar-refractivity contribution in [1.82, 2.24) is 15.2 Å². The van der Waals surface area contributed by atoms with Crippen molar-refractivity contribution < 1.29 is 31.1 Å². The summed E-state index contributed by atoms with van der Waals surface area (Å²) in [6.07, 6.45) is -3.81. The van der Waals surface area contributed by atoms with Crippen LogP contribution in [0.25, 0.3) is 0 Å². The number of nitrogens with zero attached hydrogens (tertiary/aromatic N) is 3. The van der Waals surface area contributed by atoms with Gasteiger partial charge in [0.1, 0.15) is 17.7 Å². The third kappa shape index (κ3) is 3.90. The lowest BCUT2D eigenvalue weighted by molar-refractivity contribution is -0.301. The Kier molecular flexibility index (Phi) is 5.69. The molecule has 3 aliphatic rings. The van der Waals surface area contributed by atoms with Gasteiger partial charge in [0.25, 0.3) is 5.91 Å². The SMILES string of the molecule is CC1(C)[C@H]2CC[C@]1(C)/C(=N/NC(=O)c1cc3n(n1)[C@H](C(F)(F)C(F)(F)F)C[C@@H](c1ccc(F)cc1)N3)C2. The summed E-state index contributed by atoms with van der Waals surface area (Å²) in [5, 5.41) is 11.0. The van der Waals surface area contributed by atoms with Gasteiger partial charge in [-0.15, -0.1) is 0 Å². The highest BCUT2D eigenvalue weighted by Gasteiger charge is 2.64. The summed E-state index contributed by atoms with van der Waals surface area (Å²) < 4.78 is 83.2. The molecule has 0 spiro atoms. The Balaban J connectivity index is 1.44. The van der Waals surface area contributed by atoms with Gasteiger partial charge in [-0.05, 0) is 48.3 Å². The van der Waals surface area contributed by atoms with Crippen LogP contribution in [-0.2, 0) is 0 Å². The zero-order valence-corrected chi connectivity index (χ0v) is 20.5. The summed E-state index contributed by atoms with van der Waals surface area (Å²) in [6, 6.07) is 2.51. The van der Waals surface area contributed by atoms with Gasteiger partial charge in [-0.25, -0.2) is 14.5 Å². The first kappa shape index (κ1) is 25.6. The number of carbonyl (C=O) groups excluding carboxylic acids is 1. The van der Waals surface area contributed by atoms with Crippen LogP contribution in [0.4, 0.5) is 32.2 Å². The van der Waals surface area contributed by atoms with Crippen molar-refractivity contribution in [2.75, 3.05) is 5.32 Å². The van der Waals surface area contributed by atoms with E-state index in [0.29, 0.717) is 16.2 Å². The second-order valence-electron chi connectivity index (χ2n) is 11.0. The maximum atomic E-state index is 14.6. The van der Waals surface area contributed by atoms with Gasteiger partial charge in [-0.1, -0.05) is 32.9 Å². The Labute approximate surface area is 209 Å². The fraction of sp³-hybridized carbons (Fsp3) is 0.560. The number of alkyl halides is 5. The molecular weight excluding hydrogens is 500 g/mol. The molecule has 1 aliphatic heterocycles. The van der Waals surface area contributed by atoms with Crippen LogP contribution >= 0.6 is 0 Å². The molecule has 2 bridgehead atoms. The van der Waals surface area contributed by atoms with E-state index < -0.39 is 42.3 Å². The number of amides is 1. The van der Waals surface area contributed by atoms with Gasteiger partial charge in [0, 0.05) is 23.6 Å². The second kappa shape index (κ2) is 8.22.